The molecule has 16 aliphatic rings. The molecule has 16 heterocycles. The summed E-state index contributed by atoms with van der Waals surface area (Å²) >= 11 is 0. The average molecular weight is 1130 g/mol. The lowest BCUT2D eigenvalue weighted by Gasteiger charge is -2.50. The predicted molar refractivity (Wildman–Crippen MR) is 275 cm³/mol. The molecule has 32 atom stereocenters. The number of aliphatic hydroxyl groups is 4. The second kappa shape index (κ2) is 20.2. The Balaban J connectivity index is 0.658. The number of aliphatic hydroxyl groups excluding tert-OH is 3. The zero-order valence-electron chi connectivity index (χ0n) is 46.8. The van der Waals surface area contributed by atoms with E-state index in [0.717, 1.165) is 36.8 Å². The quantitative estimate of drug-likeness (QED) is 0.228. The van der Waals surface area contributed by atoms with Gasteiger partial charge in [0, 0.05) is 63.7 Å². The topological polar surface area (TPSA) is 236 Å². The van der Waals surface area contributed by atoms with Crippen LogP contribution in [0.3, 0.4) is 0 Å². The summed E-state index contributed by atoms with van der Waals surface area (Å²) in [7, 11) is 0. The van der Waals surface area contributed by atoms with Gasteiger partial charge < -0.3 is 91.5 Å². The molecule has 0 aromatic rings. The Morgan fingerprint density at radius 1 is 0.550 bits per heavy atom. The first kappa shape index (κ1) is 54.9. The third-order valence-corrected chi connectivity index (χ3v) is 22.0. The summed E-state index contributed by atoms with van der Waals surface area (Å²) in [5, 5.41) is 42.3. The van der Waals surface area contributed by atoms with Gasteiger partial charge in [-0.3, -0.25) is 4.79 Å². The summed E-state index contributed by atoms with van der Waals surface area (Å²) in [6.07, 6.45) is -0.945. The first-order valence-electron chi connectivity index (χ1n) is 30.9. The molecular weight excluding hydrogens is 1040 g/mol. The Labute approximate surface area is 468 Å². The van der Waals surface area contributed by atoms with Gasteiger partial charge in [0.25, 0.3) is 0 Å². The van der Waals surface area contributed by atoms with Crippen LogP contribution in [0.4, 0.5) is 0 Å². The first-order chi connectivity index (χ1) is 38.3. The van der Waals surface area contributed by atoms with Crippen LogP contribution in [-0.2, 0) is 75.8 Å². The van der Waals surface area contributed by atoms with E-state index in [1.54, 1.807) is 0 Å². The molecule has 4 N–H and O–H groups in total. The number of fused-ring (bicyclic) bond motifs is 10. The minimum absolute atomic E-state index is 0.0152. The van der Waals surface area contributed by atoms with Crippen LogP contribution in [0.5, 0.6) is 0 Å². The molecular formula is C60H86O20. The van der Waals surface area contributed by atoms with Crippen molar-refractivity contribution in [2.45, 2.75) is 313 Å². The number of carbonyl (C=O) groups excluding carboxylic acids is 1. The van der Waals surface area contributed by atoms with Crippen molar-refractivity contribution >= 4 is 5.97 Å². The molecule has 446 valence electrons. The van der Waals surface area contributed by atoms with Crippen molar-refractivity contribution in [1.29, 1.82) is 0 Å². The van der Waals surface area contributed by atoms with Gasteiger partial charge in [0.2, 0.25) is 5.79 Å². The lowest BCUT2D eigenvalue weighted by atomic mass is 9.79. The molecule has 80 heavy (non-hydrogen) atoms. The number of rotatable bonds is 4. The van der Waals surface area contributed by atoms with E-state index in [1.165, 1.54) is 0 Å². The minimum Gasteiger partial charge on any atom is -0.459 e. The van der Waals surface area contributed by atoms with Gasteiger partial charge in [-0.2, -0.15) is 0 Å². The summed E-state index contributed by atoms with van der Waals surface area (Å²) < 4.78 is 103. The Hall–Kier alpha value is -1.77. The van der Waals surface area contributed by atoms with Crippen molar-refractivity contribution < 1.29 is 96.3 Å². The van der Waals surface area contributed by atoms with E-state index in [9.17, 15) is 25.2 Å². The Morgan fingerprint density at radius 2 is 1.25 bits per heavy atom. The van der Waals surface area contributed by atoms with E-state index in [4.69, 9.17) is 71.1 Å². The second-order valence-electron chi connectivity index (χ2n) is 27.8. The minimum atomic E-state index is -1.55. The van der Waals surface area contributed by atoms with Crippen molar-refractivity contribution in [3.8, 4) is 0 Å². The van der Waals surface area contributed by atoms with Crippen molar-refractivity contribution in [2.24, 2.45) is 23.7 Å². The molecule has 16 rings (SSSR count). The van der Waals surface area contributed by atoms with Crippen molar-refractivity contribution in [3.63, 3.8) is 0 Å². The molecule has 0 aromatic carbocycles. The Morgan fingerprint density at radius 3 is 2.09 bits per heavy atom. The van der Waals surface area contributed by atoms with Crippen LogP contribution in [-0.4, -0.2) is 203 Å². The van der Waals surface area contributed by atoms with Crippen molar-refractivity contribution in [2.75, 3.05) is 6.61 Å². The average Bonchev–Trinajstić information content (AvgIpc) is 4.40. The predicted octanol–water partition coefficient (Wildman–Crippen LogP) is 4.25. The first-order valence-corrected chi connectivity index (χ1v) is 30.9. The second-order valence-corrected chi connectivity index (χ2v) is 27.8. The highest BCUT2D eigenvalue weighted by atomic mass is 16.8. The number of esters is 1. The Bertz CT molecular complexity index is 2400. The van der Waals surface area contributed by atoms with Crippen LogP contribution < -0.4 is 0 Å². The van der Waals surface area contributed by atoms with E-state index in [2.05, 4.69) is 40.9 Å². The van der Waals surface area contributed by atoms with E-state index in [1.807, 2.05) is 0 Å². The van der Waals surface area contributed by atoms with Crippen LogP contribution in [0.2, 0.25) is 0 Å². The SMILES string of the molecule is C=C1C[C@@H]2CC[C@@]34CC5(O)O[C@H]6[C@@H](O3)[C@H]3O[C@H](CC[C@@H]3O[C@H]6C5O4)CC(=O)O[C@@H]3[C@@H](C)[C@@H]4O[C@@H]5C[C@@]6(C[C@@H]7O[C@]8(C[C@H](C)[C@@H]9O[C@H]([C@@H](O)C[C@@H](O)CO)C[C@@H]9O8)C[C@H](C)[C@@H]7O6)O[C@@H]5C[C@@H]4O[C@H]3C[C@H]3O[C@@H](CC[C@@H]1O2)C[C@@H](C)C3=C. The maximum Gasteiger partial charge on any atom is 0.308 e. The molecule has 12 bridgehead atoms. The molecule has 16 fully saturated rings. The van der Waals surface area contributed by atoms with Crippen molar-refractivity contribution in [1.82, 2.24) is 0 Å². The third-order valence-electron chi connectivity index (χ3n) is 22.0. The molecule has 20 nitrogen and oxygen atoms in total. The normalized spacial score (nSPS) is 57.6. The fraction of sp³-hybridized carbons (Fsp3) is 0.917. The van der Waals surface area contributed by atoms with Gasteiger partial charge in [-0.15, -0.1) is 0 Å². The van der Waals surface area contributed by atoms with Crippen LogP contribution in [0.25, 0.3) is 0 Å². The third kappa shape index (κ3) is 9.31. The largest absolute Gasteiger partial charge is 0.459 e. The van der Waals surface area contributed by atoms with Gasteiger partial charge in [-0.25, -0.2) is 0 Å². The zero-order chi connectivity index (χ0) is 54.9. The summed E-state index contributed by atoms with van der Waals surface area (Å²) in [5.41, 5.74) is 2.08. The van der Waals surface area contributed by atoms with Gasteiger partial charge in [-0.05, 0) is 73.8 Å². The summed E-state index contributed by atoms with van der Waals surface area (Å²) in [6.45, 7) is 17.3. The maximum atomic E-state index is 14.6. The number of hydrogen-bond donors (Lipinski definition) is 4. The Kier molecular flexibility index (Phi) is 13.8. The molecule has 0 aliphatic carbocycles. The molecule has 0 saturated carbocycles. The number of hydrogen-bond acceptors (Lipinski definition) is 20. The monoisotopic (exact) mass is 1130 g/mol. The summed E-state index contributed by atoms with van der Waals surface area (Å²) in [4.78, 5) is 14.6. The standard InChI is InChI=1S/C60H86O20/c1-26-13-33-7-9-37-27(2)14-35(66-37)11-12-57-25-60(65)56(80-57)55-54(79-60)53(78-57)52-38(70-55)10-8-34(68-52)16-47(64)73-51-31(6)50-43(69-42(51)17-39(67-33)30(26)5)19-41-45(72-50)22-59(74-41)23-46-49(77-59)29(4)21-58(76-46)20-28(3)48-44(75-58)18-40(71-48)36(63)15-32(62)24-61/h26,28-29,31-46,48-56,61-63,65H,2,5,7-25H2,1,3-4,6H3/t26-,28+,29+,31+,32-,33+,34-,35+,36+,37+,38+,39-,40+,41-,42+,43+,44+,45-,46+,48+,49+,50+,51-,52+,53+,54+,55-,56?,57-,58-,59-,60?/m1/s1. The molecule has 16 saturated heterocycles. The smallest absolute Gasteiger partial charge is 0.308 e. The fourth-order valence-electron chi connectivity index (χ4n) is 18.2. The maximum absolute atomic E-state index is 14.6. The summed E-state index contributed by atoms with van der Waals surface area (Å²) in [5.74, 6) is -4.74. The van der Waals surface area contributed by atoms with Gasteiger partial charge in [0.1, 0.15) is 36.6 Å². The van der Waals surface area contributed by atoms with Gasteiger partial charge in [-0.1, -0.05) is 40.9 Å². The lowest BCUT2D eigenvalue weighted by molar-refractivity contribution is -0.347. The van der Waals surface area contributed by atoms with E-state index < -0.39 is 103 Å². The molecule has 2 unspecified atom stereocenters. The molecule has 0 aromatic heterocycles. The number of carbonyl (C=O) groups is 1. The number of ether oxygens (including phenoxy) is 15. The van der Waals surface area contributed by atoms with Gasteiger partial charge >= 0.3 is 5.97 Å². The fourth-order valence-corrected chi connectivity index (χ4v) is 18.2. The highest BCUT2D eigenvalue weighted by Crippen LogP contribution is 2.59. The van der Waals surface area contributed by atoms with Crippen LogP contribution in [0, 0.1) is 23.7 Å². The van der Waals surface area contributed by atoms with Gasteiger partial charge in [0.05, 0.1) is 129 Å². The van der Waals surface area contributed by atoms with E-state index >= 15 is 0 Å². The highest BCUT2D eigenvalue weighted by molar-refractivity contribution is 5.70. The van der Waals surface area contributed by atoms with E-state index in [-0.39, 0.29) is 122 Å². The molecule has 3 spiro atoms. The zero-order valence-corrected chi connectivity index (χ0v) is 46.8. The molecule has 16 aliphatic heterocycles. The van der Waals surface area contributed by atoms with Gasteiger partial charge in [0.15, 0.2) is 17.4 Å². The molecule has 20 heteroatoms. The van der Waals surface area contributed by atoms with Crippen LogP contribution in [0.1, 0.15) is 143 Å². The van der Waals surface area contributed by atoms with Crippen molar-refractivity contribution in [3.05, 3.63) is 24.3 Å². The lowest BCUT2D eigenvalue weighted by Crippen LogP contribution is -2.62. The molecule has 0 amide bonds. The van der Waals surface area contributed by atoms with E-state index in [0.29, 0.717) is 70.6 Å². The summed E-state index contributed by atoms with van der Waals surface area (Å²) in [6, 6.07) is 0. The van der Waals surface area contributed by atoms with Crippen LogP contribution in [0.15, 0.2) is 24.3 Å². The highest BCUT2D eigenvalue weighted by Gasteiger charge is 2.75. The molecule has 0 radical (unpaired) electrons. The van der Waals surface area contributed by atoms with Crippen LogP contribution >= 0.6 is 0 Å².